The quantitative estimate of drug-likeness (QED) is 0.747. The van der Waals surface area contributed by atoms with Crippen LogP contribution < -0.4 is 0 Å². The minimum Gasteiger partial charge on any atom is -0.344 e. The molecule has 0 spiro atoms. The van der Waals surface area contributed by atoms with E-state index in [1.54, 1.807) is 23.8 Å². The van der Waals surface area contributed by atoms with Crippen molar-refractivity contribution in [2.45, 2.75) is 39.0 Å². The van der Waals surface area contributed by atoms with E-state index in [0.717, 1.165) is 12.8 Å². The summed E-state index contributed by atoms with van der Waals surface area (Å²) in [7, 11) is 3.60. The summed E-state index contributed by atoms with van der Waals surface area (Å²) in [6, 6.07) is 0. The third-order valence-corrected chi connectivity index (χ3v) is 3.64. The highest BCUT2D eigenvalue weighted by Crippen LogP contribution is 2.24. The van der Waals surface area contributed by atoms with Crippen LogP contribution in [-0.4, -0.2) is 48.8 Å². The molecule has 0 radical (unpaired) electrons. The topological polar surface area (TPSA) is 40.6 Å². The Morgan fingerprint density at radius 2 is 1.53 bits per heavy atom. The molecule has 0 aromatic carbocycles. The Morgan fingerprint density at radius 1 is 1.00 bits per heavy atom. The molecule has 1 aliphatic carbocycles. The fourth-order valence-electron chi connectivity index (χ4n) is 2.23. The van der Waals surface area contributed by atoms with Gasteiger partial charge in [-0.3, -0.25) is 9.59 Å². The molecule has 0 atom stereocenters. The average molecular weight is 240 g/mol. The standard InChI is InChI=1S/C13H24N2O2/c1-11(16)14(2)9-10-15(3)13(17)12-7-5-4-6-8-12/h12H,4-10H2,1-3H3. The van der Waals surface area contributed by atoms with Crippen LogP contribution >= 0.6 is 0 Å². The summed E-state index contributed by atoms with van der Waals surface area (Å²) in [5, 5.41) is 0. The van der Waals surface area contributed by atoms with E-state index >= 15 is 0 Å². The van der Waals surface area contributed by atoms with E-state index in [2.05, 4.69) is 0 Å². The van der Waals surface area contributed by atoms with Crippen molar-refractivity contribution in [3.63, 3.8) is 0 Å². The predicted molar refractivity (Wildman–Crippen MR) is 67.5 cm³/mol. The second-order valence-electron chi connectivity index (χ2n) is 5.04. The number of likely N-dealkylation sites (N-methyl/N-ethyl adjacent to an activating group) is 2. The maximum atomic E-state index is 12.1. The first-order chi connectivity index (χ1) is 8.02. The Bertz CT molecular complexity index is 273. The largest absolute Gasteiger partial charge is 0.344 e. The van der Waals surface area contributed by atoms with Crippen LogP contribution in [-0.2, 0) is 9.59 Å². The van der Waals surface area contributed by atoms with Gasteiger partial charge in [0, 0.05) is 40.0 Å². The van der Waals surface area contributed by atoms with Gasteiger partial charge in [-0.2, -0.15) is 0 Å². The zero-order valence-electron chi connectivity index (χ0n) is 11.2. The third kappa shape index (κ3) is 4.36. The predicted octanol–water partition coefficient (Wildman–Crippen LogP) is 1.50. The zero-order chi connectivity index (χ0) is 12.8. The van der Waals surface area contributed by atoms with Crippen LogP contribution in [0.2, 0.25) is 0 Å². The lowest BCUT2D eigenvalue weighted by molar-refractivity contribution is -0.136. The molecule has 0 heterocycles. The van der Waals surface area contributed by atoms with Crippen LogP contribution in [0.3, 0.4) is 0 Å². The molecule has 4 nitrogen and oxygen atoms in total. The Morgan fingerprint density at radius 3 is 2.06 bits per heavy atom. The number of hydrogen-bond donors (Lipinski definition) is 0. The van der Waals surface area contributed by atoms with Crippen molar-refractivity contribution < 1.29 is 9.59 Å². The van der Waals surface area contributed by atoms with Crippen molar-refractivity contribution >= 4 is 11.8 Å². The molecule has 1 fully saturated rings. The molecule has 0 saturated heterocycles. The molecule has 0 aliphatic heterocycles. The highest BCUT2D eigenvalue weighted by Gasteiger charge is 2.23. The van der Waals surface area contributed by atoms with Gasteiger partial charge in [0.2, 0.25) is 11.8 Å². The molecule has 1 aliphatic rings. The minimum atomic E-state index is 0.0449. The molecule has 98 valence electrons. The van der Waals surface area contributed by atoms with E-state index in [0.29, 0.717) is 13.1 Å². The summed E-state index contributed by atoms with van der Waals surface area (Å²) < 4.78 is 0. The van der Waals surface area contributed by atoms with Crippen molar-refractivity contribution in [2.24, 2.45) is 5.92 Å². The lowest BCUT2D eigenvalue weighted by Gasteiger charge is -2.27. The molecule has 0 N–H and O–H groups in total. The first-order valence-corrected chi connectivity index (χ1v) is 6.49. The normalized spacial score (nSPS) is 16.6. The van der Waals surface area contributed by atoms with E-state index < -0.39 is 0 Å². The number of amides is 2. The van der Waals surface area contributed by atoms with E-state index in [9.17, 15) is 9.59 Å². The summed E-state index contributed by atoms with van der Waals surface area (Å²) in [6.07, 6.45) is 5.69. The van der Waals surface area contributed by atoms with Gasteiger partial charge in [0.05, 0.1) is 0 Å². The highest BCUT2D eigenvalue weighted by atomic mass is 16.2. The molecule has 2 amide bonds. The number of carbonyl (C=O) groups is 2. The monoisotopic (exact) mass is 240 g/mol. The number of nitrogens with zero attached hydrogens (tertiary/aromatic N) is 2. The van der Waals surface area contributed by atoms with E-state index in [1.807, 2.05) is 7.05 Å². The van der Waals surface area contributed by atoms with Gasteiger partial charge >= 0.3 is 0 Å². The van der Waals surface area contributed by atoms with Gasteiger partial charge < -0.3 is 9.80 Å². The van der Waals surface area contributed by atoms with Gasteiger partial charge in [-0.05, 0) is 12.8 Å². The lowest BCUT2D eigenvalue weighted by Crippen LogP contribution is -2.39. The first kappa shape index (κ1) is 14.0. The molecule has 0 unspecified atom stereocenters. The molecular weight excluding hydrogens is 216 g/mol. The Hall–Kier alpha value is -1.06. The Labute approximate surface area is 104 Å². The lowest BCUT2D eigenvalue weighted by atomic mass is 9.88. The SMILES string of the molecule is CC(=O)N(C)CCN(C)C(=O)C1CCCCC1. The fraction of sp³-hybridized carbons (Fsp3) is 0.846. The van der Waals surface area contributed by atoms with Crippen molar-refractivity contribution in [2.75, 3.05) is 27.2 Å². The van der Waals surface area contributed by atoms with E-state index in [4.69, 9.17) is 0 Å². The van der Waals surface area contributed by atoms with Gasteiger partial charge in [0.25, 0.3) is 0 Å². The average Bonchev–Trinajstić information content (AvgIpc) is 2.35. The molecule has 17 heavy (non-hydrogen) atoms. The first-order valence-electron chi connectivity index (χ1n) is 6.49. The maximum Gasteiger partial charge on any atom is 0.225 e. The van der Waals surface area contributed by atoms with Crippen molar-refractivity contribution in [1.82, 2.24) is 9.80 Å². The van der Waals surface area contributed by atoms with Crippen LogP contribution in [0.1, 0.15) is 39.0 Å². The summed E-state index contributed by atoms with van der Waals surface area (Å²) in [6.45, 7) is 2.79. The smallest absolute Gasteiger partial charge is 0.225 e. The van der Waals surface area contributed by atoms with E-state index in [-0.39, 0.29) is 17.7 Å². The van der Waals surface area contributed by atoms with Crippen molar-refractivity contribution in [3.8, 4) is 0 Å². The van der Waals surface area contributed by atoms with Crippen molar-refractivity contribution in [1.29, 1.82) is 0 Å². The zero-order valence-corrected chi connectivity index (χ0v) is 11.2. The molecular formula is C13H24N2O2. The van der Waals surface area contributed by atoms with Gasteiger partial charge in [0.15, 0.2) is 0 Å². The van der Waals surface area contributed by atoms with Crippen LogP contribution in [0.25, 0.3) is 0 Å². The van der Waals surface area contributed by atoms with Crippen LogP contribution in [0.5, 0.6) is 0 Å². The molecule has 0 bridgehead atoms. The van der Waals surface area contributed by atoms with Gasteiger partial charge in [-0.25, -0.2) is 0 Å². The maximum absolute atomic E-state index is 12.1. The van der Waals surface area contributed by atoms with E-state index in [1.165, 1.54) is 19.3 Å². The molecule has 4 heteroatoms. The second-order valence-corrected chi connectivity index (χ2v) is 5.04. The Balaban J connectivity index is 2.33. The Kier molecular flexibility index (Phi) is 5.45. The molecule has 1 saturated carbocycles. The molecule has 0 aromatic rings. The highest BCUT2D eigenvalue weighted by molar-refractivity contribution is 5.78. The molecule has 1 rings (SSSR count). The van der Waals surface area contributed by atoms with Crippen LogP contribution in [0.15, 0.2) is 0 Å². The van der Waals surface area contributed by atoms with Gasteiger partial charge in [0.1, 0.15) is 0 Å². The molecule has 0 aromatic heterocycles. The summed E-state index contributed by atoms with van der Waals surface area (Å²) in [5.74, 6) is 0.515. The second kappa shape index (κ2) is 6.62. The van der Waals surface area contributed by atoms with Gasteiger partial charge in [-0.15, -0.1) is 0 Å². The fourth-order valence-corrected chi connectivity index (χ4v) is 2.23. The number of hydrogen-bond acceptors (Lipinski definition) is 2. The summed E-state index contributed by atoms with van der Waals surface area (Å²) >= 11 is 0. The summed E-state index contributed by atoms with van der Waals surface area (Å²) in [5.41, 5.74) is 0. The number of rotatable bonds is 4. The van der Waals surface area contributed by atoms with Crippen LogP contribution in [0.4, 0.5) is 0 Å². The summed E-state index contributed by atoms with van der Waals surface area (Å²) in [4.78, 5) is 26.6. The van der Waals surface area contributed by atoms with Crippen molar-refractivity contribution in [3.05, 3.63) is 0 Å². The van der Waals surface area contributed by atoms with Gasteiger partial charge in [-0.1, -0.05) is 19.3 Å². The third-order valence-electron chi connectivity index (χ3n) is 3.64. The number of carbonyl (C=O) groups excluding carboxylic acids is 2. The van der Waals surface area contributed by atoms with Crippen LogP contribution in [0, 0.1) is 5.92 Å². The minimum absolute atomic E-state index is 0.0449.